The van der Waals surface area contributed by atoms with Crippen LogP contribution in [0.25, 0.3) is 0 Å². The maximum absolute atomic E-state index is 13.6. The van der Waals surface area contributed by atoms with Gasteiger partial charge in [-0.25, -0.2) is 14.4 Å². The SMILES string of the molecule is CN1CCN(c2cc(NCc3ccccc3F)ncn2)CC1. The monoisotopic (exact) mass is 301 g/mol. The van der Waals surface area contributed by atoms with Gasteiger partial charge in [-0.3, -0.25) is 0 Å². The average molecular weight is 301 g/mol. The summed E-state index contributed by atoms with van der Waals surface area (Å²) in [6.45, 7) is 4.39. The first kappa shape index (κ1) is 14.7. The Labute approximate surface area is 129 Å². The van der Waals surface area contributed by atoms with Gasteiger partial charge >= 0.3 is 0 Å². The van der Waals surface area contributed by atoms with E-state index in [1.807, 2.05) is 12.1 Å². The van der Waals surface area contributed by atoms with Gasteiger partial charge < -0.3 is 15.1 Å². The van der Waals surface area contributed by atoms with Crippen molar-refractivity contribution in [3.8, 4) is 0 Å². The van der Waals surface area contributed by atoms with Crippen LogP contribution in [0.4, 0.5) is 16.0 Å². The number of piperazine rings is 1. The first-order chi connectivity index (χ1) is 10.7. The van der Waals surface area contributed by atoms with E-state index < -0.39 is 0 Å². The molecule has 0 unspecified atom stereocenters. The van der Waals surface area contributed by atoms with Crippen molar-refractivity contribution in [2.45, 2.75) is 6.54 Å². The highest BCUT2D eigenvalue weighted by Gasteiger charge is 2.15. The summed E-state index contributed by atoms with van der Waals surface area (Å²) < 4.78 is 13.6. The second kappa shape index (κ2) is 6.70. The number of likely N-dealkylation sites (N-methyl/N-ethyl adjacent to an activating group) is 1. The molecule has 2 aromatic rings. The van der Waals surface area contributed by atoms with Gasteiger partial charge in [-0.1, -0.05) is 18.2 Å². The maximum Gasteiger partial charge on any atom is 0.134 e. The molecule has 1 N–H and O–H groups in total. The number of aromatic nitrogens is 2. The molecule has 0 saturated carbocycles. The third kappa shape index (κ3) is 3.51. The van der Waals surface area contributed by atoms with Gasteiger partial charge in [-0.05, 0) is 13.1 Å². The zero-order chi connectivity index (χ0) is 15.4. The Bertz CT molecular complexity index is 625. The van der Waals surface area contributed by atoms with Gasteiger partial charge in [0.2, 0.25) is 0 Å². The topological polar surface area (TPSA) is 44.3 Å². The Kier molecular flexibility index (Phi) is 4.48. The molecule has 1 aliphatic heterocycles. The predicted molar refractivity (Wildman–Crippen MR) is 85.5 cm³/mol. The van der Waals surface area contributed by atoms with E-state index in [-0.39, 0.29) is 5.82 Å². The highest BCUT2D eigenvalue weighted by atomic mass is 19.1. The van der Waals surface area contributed by atoms with Crippen molar-refractivity contribution < 1.29 is 4.39 Å². The molecule has 0 bridgehead atoms. The smallest absolute Gasteiger partial charge is 0.134 e. The molecule has 116 valence electrons. The molecule has 0 aliphatic carbocycles. The van der Waals surface area contributed by atoms with E-state index in [9.17, 15) is 4.39 Å². The summed E-state index contributed by atoms with van der Waals surface area (Å²) in [5.74, 6) is 1.43. The molecule has 22 heavy (non-hydrogen) atoms. The number of benzene rings is 1. The predicted octanol–water partition coefficient (Wildman–Crippen LogP) is 1.98. The molecule has 0 amide bonds. The fourth-order valence-corrected chi connectivity index (χ4v) is 2.48. The van der Waals surface area contributed by atoms with Crippen LogP contribution in [0.15, 0.2) is 36.7 Å². The van der Waals surface area contributed by atoms with Crippen molar-refractivity contribution in [3.63, 3.8) is 0 Å². The number of halogens is 1. The van der Waals surface area contributed by atoms with Gasteiger partial charge in [-0.2, -0.15) is 0 Å². The quantitative estimate of drug-likeness (QED) is 0.935. The molecule has 6 heteroatoms. The van der Waals surface area contributed by atoms with Gasteiger partial charge in [0.25, 0.3) is 0 Å². The molecule has 0 spiro atoms. The Morgan fingerprint density at radius 1 is 1.14 bits per heavy atom. The number of nitrogens with one attached hydrogen (secondary N) is 1. The zero-order valence-corrected chi connectivity index (χ0v) is 12.7. The largest absolute Gasteiger partial charge is 0.366 e. The minimum Gasteiger partial charge on any atom is -0.366 e. The maximum atomic E-state index is 13.6. The number of nitrogens with zero attached hydrogens (tertiary/aromatic N) is 4. The lowest BCUT2D eigenvalue weighted by molar-refractivity contribution is 0.312. The van der Waals surface area contributed by atoms with Crippen LogP contribution in [0, 0.1) is 5.82 Å². The van der Waals surface area contributed by atoms with Gasteiger partial charge in [0.1, 0.15) is 23.8 Å². The molecule has 1 aliphatic rings. The Morgan fingerprint density at radius 2 is 1.91 bits per heavy atom. The van der Waals surface area contributed by atoms with Crippen LogP contribution in [-0.4, -0.2) is 48.1 Å². The van der Waals surface area contributed by atoms with Crippen molar-refractivity contribution in [1.82, 2.24) is 14.9 Å². The highest BCUT2D eigenvalue weighted by Crippen LogP contribution is 2.17. The number of rotatable bonds is 4. The minimum absolute atomic E-state index is 0.205. The Morgan fingerprint density at radius 3 is 2.68 bits per heavy atom. The molecule has 0 atom stereocenters. The third-order valence-electron chi connectivity index (χ3n) is 3.90. The number of hydrogen-bond acceptors (Lipinski definition) is 5. The molecule has 1 aromatic carbocycles. The molecule has 1 aromatic heterocycles. The second-order valence-electron chi connectivity index (χ2n) is 5.50. The summed E-state index contributed by atoms with van der Waals surface area (Å²) in [6.07, 6.45) is 1.55. The van der Waals surface area contributed by atoms with Crippen molar-refractivity contribution >= 4 is 11.6 Å². The van der Waals surface area contributed by atoms with Gasteiger partial charge in [0, 0.05) is 44.4 Å². The summed E-state index contributed by atoms with van der Waals surface area (Å²) in [5, 5.41) is 3.16. The van der Waals surface area contributed by atoms with E-state index in [4.69, 9.17) is 0 Å². The molecular formula is C16H20FN5. The lowest BCUT2D eigenvalue weighted by Crippen LogP contribution is -2.44. The van der Waals surface area contributed by atoms with Crippen LogP contribution in [0.3, 0.4) is 0 Å². The van der Waals surface area contributed by atoms with E-state index in [1.165, 1.54) is 6.07 Å². The molecule has 5 nitrogen and oxygen atoms in total. The summed E-state index contributed by atoms with van der Waals surface area (Å²) in [7, 11) is 2.12. The van der Waals surface area contributed by atoms with Crippen molar-refractivity contribution in [2.75, 3.05) is 43.4 Å². The molecule has 1 fully saturated rings. The van der Waals surface area contributed by atoms with E-state index in [0.29, 0.717) is 17.9 Å². The molecule has 2 heterocycles. The van der Waals surface area contributed by atoms with E-state index >= 15 is 0 Å². The summed E-state index contributed by atoms with van der Waals surface area (Å²) in [5.41, 5.74) is 0.627. The lowest BCUT2D eigenvalue weighted by Gasteiger charge is -2.33. The van der Waals surface area contributed by atoms with Crippen LogP contribution in [0.5, 0.6) is 0 Å². The lowest BCUT2D eigenvalue weighted by atomic mass is 10.2. The molecule has 0 radical (unpaired) electrons. The van der Waals surface area contributed by atoms with E-state index in [2.05, 4.69) is 32.1 Å². The second-order valence-corrected chi connectivity index (χ2v) is 5.50. The minimum atomic E-state index is -0.205. The first-order valence-corrected chi connectivity index (χ1v) is 7.45. The van der Waals surface area contributed by atoms with Crippen molar-refractivity contribution in [1.29, 1.82) is 0 Å². The standard InChI is InChI=1S/C16H20FN5/c1-21-6-8-22(9-7-21)16-10-15(19-12-20-16)18-11-13-4-2-3-5-14(13)17/h2-5,10,12H,6-9,11H2,1H3,(H,18,19,20). The van der Waals surface area contributed by atoms with Crippen LogP contribution >= 0.6 is 0 Å². The number of hydrogen-bond donors (Lipinski definition) is 1. The van der Waals surface area contributed by atoms with Crippen LogP contribution in [0.2, 0.25) is 0 Å². The molecule has 3 rings (SSSR count). The fourth-order valence-electron chi connectivity index (χ4n) is 2.48. The molecular weight excluding hydrogens is 281 g/mol. The Hall–Kier alpha value is -2.21. The van der Waals surface area contributed by atoms with E-state index in [0.717, 1.165) is 32.0 Å². The van der Waals surface area contributed by atoms with Gasteiger partial charge in [0.05, 0.1) is 0 Å². The van der Waals surface area contributed by atoms with Gasteiger partial charge in [-0.15, -0.1) is 0 Å². The van der Waals surface area contributed by atoms with Crippen molar-refractivity contribution in [3.05, 3.63) is 48.0 Å². The summed E-state index contributed by atoms with van der Waals surface area (Å²) in [6, 6.07) is 8.68. The van der Waals surface area contributed by atoms with Crippen LogP contribution < -0.4 is 10.2 Å². The molecule has 1 saturated heterocycles. The third-order valence-corrected chi connectivity index (χ3v) is 3.90. The fraction of sp³-hybridized carbons (Fsp3) is 0.375. The normalized spacial score (nSPS) is 15.8. The van der Waals surface area contributed by atoms with Crippen molar-refractivity contribution in [2.24, 2.45) is 0 Å². The zero-order valence-electron chi connectivity index (χ0n) is 12.7. The van der Waals surface area contributed by atoms with Crippen LogP contribution in [0.1, 0.15) is 5.56 Å². The first-order valence-electron chi connectivity index (χ1n) is 7.45. The van der Waals surface area contributed by atoms with Crippen LogP contribution in [-0.2, 0) is 6.54 Å². The Balaban J connectivity index is 1.65. The number of anilines is 2. The van der Waals surface area contributed by atoms with E-state index in [1.54, 1.807) is 18.5 Å². The summed E-state index contributed by atoms with van der Waals surface area (Å²) in [4.78, 5) is 13.1. The van der Waals surface area contributed by atoms with Gasteiger partial charge in [0.15, 0.2) is 0 Å². The highest BCUT2D eigenvalue weighted by molar-refractivity contribution is 5.49. The average Bonchev–Trinajstić information content (AvgIpc) is 2.55. The summed E-state index contributed by atoms with van der Waals surface area (Å²) >= 11 is 0.